The molecule has 1 rings (SSSR count). The Morgan fingerprint density at radius 2 is 1.43 bits per heavy atom. The normalized spacial score (nSPS) is 13.0. The van der Waals surface area contributed by atoms with Crippen LogP contribution in [0.3, 0.4) is 0 Å². The summed E-state index contributed by atoms with van der Waals surface area (Å²) in [5, 5.41) is 0. The zero-order chi connectivity index (χ0) is 21.2. The number of hydrogen-bond acceptors (Lipinski definition) is 2. The van der Waals surface area contributed by atoms with Gasteiger partial charge in [0.15, 0.2) is 0 Å². The molecule has 0 heterocycles. The summed E-state index contributed by atoms with van der Waals surface area (Å²) in [4.78, 5) is 1.35. The van der Waals surface area contributed by atoms with Gasteiger partial charge in [0.1, 0.15) is 0 Å². The summed E-state index contributed by atoms with van der Waals surface area (Å²) in [7, 11) is 0. The molecule has 1 radical (unpaired) electrons. The van der Waals surface area contributed by atoms with Crippen LogP contribution >= 0.6 is 23.5 Å². The minimum atomic E-state index is 0.165. The molecule has 0 spiro atoms. The number of hydrogen-bond donors (Lipinski definition) is 0. The Morgan fingerprint density at radius 3 is 2.00 bits per heavy atom. The topological polar surface area (TPSA) is 0 Å². The summed E-state index contributed by atoms with van der Waals surface area (Å²) in [5.41, 5.74) is 6.89. The molecular formula is C26H39S2. The summed E-state index contributed by atoms with van der Waals surface area (Å²) in [6.07, 6.45) is 11.8. The largest absolute Gasteiger partial charge is 0.140 e. The summed E-state index contributed by atoms with van der Waals surface area (Å²) in [6.45, 7) is 17.8. The second kappa shape index (κ2) is 12.6. The molecule has 1 aromatic rings. The van der Waals surface area contributed by atoms with Crippen LogP contribution in [-0.2, 0) is 0 Å². The van der Waals surface area contributed by atoms with Gasteiger partial charge in [0.05, 0.1) is 4.08 Å². The van der Waals surface area contributed by atoms with E-state index in [1.165, 1.54) is 52.0 Å². The minimum Gasteiger partial charge on any atom is -0.140 e. The van der Waals surface area contributed by atoms with E-state index in [1.807, 2.05) is 23.5 Å². The third-order valence-electron chi connectivity index (χ3n) is 4.46. The van der Waals surface area contributed by atoms with E-state index >= 15 is 0 Å². The van der Waals surface area contributed by atoms with Crippen molar-refractivity contribution < 1.29 is 0 Å². The van der Waals surface area contributed by atoms with Gasteiger partial charge in [-0.3, -0.25) is 0 Å². The number of thioether (sulfide) groups is 2. The van der Waals surface area contributed by atoms with E-state index in [4.69, 9.17) is 0 Å². The van der Waals surface area contributed by atoms with Gasteiger partial charge in [-0.2, -0.15) is 0 Å². The average molecular weight is 416 g/mol. The molecule has 0 aromatic heterocycles. The molecule has 0 nitrogen and oxygen atoms in total. The van der Waals surface area contributed by atoms with Crippen molar-refractivity contribution in [2.75, 3.05) is 5.75 Å². The maximum atomic E-state index is 3.36. The minimum absolute atomic E-state index is 0.165. The second-order valence-electron chi connectivity index (χ2n) is 8.45. The molecule has 0 unspecified atom stereocenters. The van der Waals surface area contributed by atoms with E-state index in [1.54, 1.807) is 0 Å². The van der Waals surface area contributed by atoms with Gasteiger partial charge in [-0.1, -0.05) is 34.9 Å². The Hall–Kier alpha value is -0.860. The van der Waals surface area contributed by atoms with Crippen LogP contribution in [0, 0.1) is 19.9 Å². The monoisotopic (exact) mass is 415 g/mol. The van der Waals surface area contributed by atoms with Gasteiger partial charge in [-0.05, 0) is 110 Å². The predicted molar refractivity (Wildman–Crippen MR) is 133 cm³/mol. The molecule has 0 amide bonds. The van der Waals surface area contributed by atoms with Gasteiger partial charge in [-0.15, -0.1) is 23.5 Å². The van der Waals surface area contributed by atoms with Gasteiger partial charge in [0, 0.05) is 10.6 Å². The standard InChI is InChI=1S/C26H39S2/c1-20(2)11-9-12-21(3)13-10-14-22(4)15-16-27-26(7,8)28-25-18-23(5)17-24(6)19-25/h11,13,15,18-19H,9-10,12,14,16H2,1-8H3. The van der Waals surface area contributed by atoms with Crippen LogP contribution in [0.1, 0.15) is 78.4 Å². The zero-order valence-corrected chi connectivity index (χ0v) is 20.9. The van der Waals surface area contributed by atoms with Crippen LogP contribution in [0.15, 0.2) is 52.0 Å². The van der Waals surface area contributed by atoms with Crippen molar-refractivity contribution in [1.29, 1.82) is 0 Å². The lowest BCUT2D eigenvalue weighted by Gasteiger charge is -2.23. The lowest BCUT2D eigenvalue weighted by atomic mass is 10.1. The fraction of sp³-hybridized carbons (Fsp3) is 0.538. The third kappa shape index (κ3) is 11.9. The molecule has 155 valence electrons. The van der Waals surface area contributed by atoms with Crippen molar-refractivity contribution in [2.45, 2.75) is 90.0 Å². The highest BCUT2D eigenvalue weighted by molar-refractivity contribution is 8.18. The molecule has 0 N–H and O–H groups in total. The fourth-order valence-corrected chi connectivity index (χ4v) is 5.48. The molecule has 0 aliphatic carbocycles. The second-order valence-corrected chi connectivity index (χ2v) is 12.1. The highest BCUT2D eigenvalue weighted by Gasteiger charge is 2.19. The predicted octanol–water partition coefficient (Wildman–Crippen LogP) is 9.08. The van der Waals surface area contributed by atoms with Crippen LogP contribution in [0.4, 0.5) is 0 Å². The molecule has 0 atom stereocenters. The lowest BCUT2D eigenvalue weighted by Crippen LogP contribution is -2.09. The van der Waals surface area contributed by atoms with E-state index in [9.17, 15) is 0 Å². The summed E-state index contributed by atoms with van der Waals surface area (Å²) >= 11 is 3.98. The Kier molecular flexibility index (Phi) is 11.4. The Labute approximate surface area is 183 Å². The number of allylic oxidation sites excluding steroid dienone is 5. The SMILES string of the molecule is CC(C)=CCCC(C)=CCCC(C)=CCSC(C)(C)Sc1cc(C)[c]c(C)c1. The van der Waals surface area contributed by atoms with Crippen LogP contribution in [0.5, 0.6) is 0 Å². The average Bonchev–Trinajstić information content (AvgIpc) is 2.52. The zero-order valence-electron chi connectivity index (χ0n) is 19.2. The first-order chi connectivity index (χ1) is 13.1. The van der Waals surface area contributed by atoms with E-state index in [-0.39, 0.29) is 4.08 Å². The molecule has 0 bridgehead atoms. The lowest BCUT2D eigenvalue weighted by molar-refractivity contribution is 0.917. The van der Waals surface area contributed by atoms with E-state index in [0.29, 0.717) is 0 Å². The van der Waals surface area contributed by atoms with Crippen LogP contribution in [0.2, 0.25) is 0 Å². The van der Waals surface area contributed by atoms with Crippen molar-refractivity contribution in [3.63, 3.8) is 0 Å². The molecule has 28 heavy (non-hydrogen) atoms. The van der Waals surface area contributed by atoms with Crippen molar-refractivity contribution >= 4 is 23.5 Å². The fourth-order valence-electron chi connectivity index (χ4n) is 2.95. The van der Waals surface area contributed by atoms with Crippen molar-refractivity contribution in [1.82, 2.24) is 0 Å². The quantitative estimate of drug-likeness (QED) is 0.201. The number of aryl methyl sites for hydroxylation is 2. The van der Waals surface area contributed by atoms with Crippen molar-refractivity contribution in [2.24, 2.45) is 0 Å². The Morgan fingerprint density at radius 1 is 0.893 bits per heavy atom. The molecular weight excluding hydrogens is 376 g/mol. The van der Waals surface area contributed by atoms with Gasteiger partial charge >= 0.3 is 0 Å². The first-order valence-corrected chi connectivity index (χ1v) is 12.2. The van der Waals surface area contributed by atoms with Crippen LogP contribution in [-0.4, -0.2) is 9.83 Å². The Bertz CT molecular complexity index is 681. The molecule has 0 aliphatic rings. The summed E-state index contributed by atoms with van der Waals surface area (Å²) in [6, 6.07) is 7.85. The summed E-state index contributed by atoms with van der Waals surface area (Å²) in [5.74, 6) is 1.08. The van der Waals surface area contributed by atoms with Gasteiger partial charge in [0.2, 0.25) is 0 Å². The molecule has 0 saturated heterocycles. The molecule has 0 fully saturated rings. The number of rotatable bonds is 11. The van der Waals surface area contributed by atoms with Gasteiger partial charge < -0.3 is 0 Å². The Balaban J connectivity index is 2.40. The molecule has 0 aliphatic heterocycles. The molecule has 2 heteroatoms. The molecule has 0 saturated carbocycles. The smallest absolute Gasteiger partial charge is 0.0605 e. The first kappa shape index (κ1) is 25.2. The highest BCUT2D eigenvalue weighted by atomic mass is 32.2. The highest BCUT2D eigenvalue weighted by Crippen LogP contribution is 2.41. The van der Waals surface area contributed by atoms with Crippen LogP contribution < -0.4 is 0 Å². The van der Waals surface area contributed by atoms with E-state index < -0.39 is 0 Å². The maximum absolute atomic E-state index is 3.36. The van der Waals surface area contributed by atoms with Crippen molar-refractivity contribution in [3.05, 3.63) is 64.3 Å². The summed E-state index contributed by atoms with van der Waals surface area (Å²) < 4.78 is 0.165. The van der Waals surface area contributed by atoms with E-state index in [2.05, 4.69) is 91.8 Å². The van der Waals surface area contributed by atoms with Crippen molar-refractivity contribution in [3.8, 4) is 0 Å². The first-order valence-electron chi connectivity index (χ1n) is 10.4. The van der Waals surface area contributed by atoms with Gasteiger partial charge in [-0.25, -0.2) is 0 Å². The van der Waals surface area contributed by atoms with E-state index in [0.717, 1.165) is 12.2 Å². The van der Waals surface area contributed by atoms with Crippen LogP contribution in [0.25, 0.3) is 0 Å². The van der Waals surface area contributed by atoms with Gasteiger partial charge in [0.25, 0.3) is 0 Å². The third-order valence-corrected chi connectivity index (χ3v) is 7.06. The maximum Gasteiger partial charge on any atom is 0.0605 e. The molecule has 1 aromatic carbocycles. The number of benzene rings is 1.